The van der Waals surface area contributed by atoms with E-state index in [0.29, 0.717) is 5.41 Å². The number of fused-ring (bicyclic) bond motifs is 4. The molecule has 0 unspecified atom stereocenters. The molecule has 0 saturated carbocycles. The van der Waals surface area contributed by atoms with E-state index in [9.17, 15) is 0 Å². The normalized spacial score (nSPS) is 17.6. The van der Waals surface area contributed by atoms with Gasteiger partial charge < -0.3 is 0 Å². The van der Waals surface area contributed by atoms with Crippen molar-refractivity contribution >= 4 is 11.3 Å². The summed E-state index contributed by atoms with van der Waals surface area (Å²) in [6.07, 6.45) is 4.68. The summed E-state index contributed by atoms with van der Waals surface area (Å²) in [4.78, 5) is 3.04. The first-order valence-electron chi connectivity index (χ1n) is 12.1. The van der Waals surface area contributed by atoms with E-state index in [0.717, 1.165) is 19.3 Å². The quantitative estimate of drug-likeness (QED) is 0.380. The summed E-state index contributed by atoms with van der Waals surface area (Å²) in [6, 6.07) is 17.1. The van der Waals surface area contributed by atoms with E-state index in [2.05, 4.69) is 90.9 Å². The van der Waals surface area contributed by atoms with Gasteiger partial charge in [0, 0.05) is 20.6 Å². The smallest absolute Gasteiger partial charge is 0.0348 e. The van der Waals surface area contributed by atoms with Crippen LogP contribution in [0.2, 0.25) is 0 Å². The highest BCUT2D eigenvalue weighted by molar-refractivity contribution is 7.16. The molecular weight excluding hydrogens is 392 g/mol. The Bertz CT molecular complexity index is 1170. The first kappa shape index (κ1) is 21.0. The van der Waals surface area contributed by atoms with Crippen molar-refractivity contribution in [3.05, 3.63) is 69.6 Å². The average molecular weight is 429 g/mol. The molecule has 5 rings (SSSR count). The molecule has 3 aromatic rings. The molecule has 0 bridgehead atoms. The van der Waals surface area contributed by atoms with Crippen molar-refractivity contribution in [2.45, 2.75) is 90.4 Å². The van der Waals surface area contributed by atoms with Gasteiger partial charge in [-0.25, -0.2) is 0 Å². The van der Waals surface area contributed by atoms with Crippen LogP contribution >= 0.6 is 11.3 Å². The van der Waals surface area contributed by atoms with Gasteiger partial charge in [0.1, 0.15) is 0 Å². The Morgan fingerprint density at radius 1 is 0.871 bits per heavy atom. The molecule has 0 atom stereocenters. The van der Waals surface area contributed by atoms with Gasteiger partial charge in [-0.05, 0) is 82.2 Å². The summed E-state index contributed by atoms with van der Waals surface area (Å²) in [5.74, 6) is 0. The van der Waals surface area contributed by atoms with Gasteiger partial charge in [-0.2, -0.15) is 0 Å². The Kier molecular flexibility index (Phi) is 4.62. The predicted octanol–water partition coefficient (Wildman–Crippen LogP) is 9.02. The lowest BCUT2D eigenvalue weighted by Crippen LogP contribution is -2.29. The molecule has 0 saturated heterocycles. The van der Waals surface area contributed by atoms with Crippen LogP contribution in [0.15, 0.2) is 42.5 Å². The van der Waals surface area contributed by atoms with Crippen LogP contribution in [0.4, 0.5) is 0 Å². The van der Waals surface area contributed by atoms with Gasteiger partial charge in [-0.15, -0.1) is 11.3 Å². The molecule has 2 aromatic carbocycles. The fraction of sp³-hybridized carbons (Fsp3) is 0.467. The van der Waals surface area contributed by atoms with Crippen LogP contribution in [0, 0.1) is 0 Å². The van der Waals surface area contributed by atoms with Crippen LogP contribution in [-0.2, 0) is 22.7 Å². The van der Waals surface area contributed by atoms with Crippen molar-refractivity contribution in [1.82, 2.24) is 0 Å². The molecule has 0 spiro atoms. The first-order chi connectivity index (χ1) is 14.7. The average Bonchev–Trinajstić information content (AvgIpc) is 3.27. The van der Waals surface area contributed by atoms with Crippen molar-refractivity contribution in [3.63, 3.8) is 0 Å². The molecule has 1 aromatic heterocycles. The second kappa shape index (κ2) is 6.82. The van der Waals surface area contributed by atoms with E-state index in [1.165, 1.54) is 33.6 Å². The van der Waals surface area contributed by atoms with E-state index in [1.807, 2.05) is 11.3 Å². The van der Waals surface area contributed by atoms with Crippen molar-refractivity contribution in [2.75, 3.05) is 0 Å². The summed E-state index contributed by atoms with van der Waals surface area (Å²) in [6.45, 7) is 16.6. The molecule has 0 aliphatic heterocycles. The summed E-state index contributed by atoms with van der Waals surface area (Å²) in [5, 5.41) is 0. The minimum absolute atomic E-state index is 0.128. The molecule has 2 aliphatic carbocycles. The maximum Gasteiger partial charge on any atom is 0.0348 e. The third-order valence-electron chi connectivity index (χ3n) is 8.57. The number of hydrogen-bond acceptors (Lipinski definition) is 1. The van der Waals surface area contributed by atoms with Crippen molar-refractivity contribution < 1.29 is 0 Å². The van der Waals surface area contributed by atoms with Crippen LogP contribution in [-0.4, -0.2) is 0 Å². The molecule has 162 valence electrons. The topological polar surface area (TPSA) is 0 Å². The highest BCUT2D eigenvalue weighted by atomic mass is 32.1. The molecular formula is C30H36S. The Hall–Kier alpha value is -1.86. The minimum atomic E-state index is 0.128. The van der Waals surface area contributed by atoms with E-state index in [-0.39, 0.29) is 10.8 Å². The first-order valence-corrected chi connectivity index (χ1v) is 12.9. The molecule has 0 fully saturated rings. The second-order valence-corrected chi connectivity index (χ2v) is 12.1. The largest absolute Gasteiger partial charge is 0.139 e. The number of thiophene rings is 1. The van der Waals surface area contributed by atoms with Crippen LogP contribution in [0.3, 0.4) is 0 Å². The van der Waals surface area contributed by atoms with E-state index >= 15 is 0 Å². The van der Waals surface area contributed by atoms with Crippen LogP contribution in [0.5, 0.6) is 0 Å². The van der Waals surface area contributed by atoms with Gasteiger partial charge >= 0.3 is 0 Å². The highest BCUT2D eigenvalue weighted by Gasteiger charge is 2.42. The Morgan fingerprint density at radius 3 is 2.10 bits per heavy atom. The molecule has 0 radical (unpaired) electrons. The fourth-order valence-corrected chi connectivity index (χ4v) is 7.29. The second-order valence-electron chi connectivity index (χ2n) is 11.1. The van der Waals surface area contributed by atoms with E-state index < -0.39 is 0 Å². The lowest BCUT2D eigenvalue weighted by molar-refractivity contribution is 0.470. The van der Waals surface area contributed by atoms with Crippen LogP contribution in [0.1, 0.15) is 94.9 Å². The molecule has 1 heterocycles. The zero-order chi connectivity index (χ0) is 22.2. The maximum atomic E-state index is 2.55. The zero-order valence-electron chi connectivity index (χ0n) is 20.3. The third-order valence-corrected chi connectivity index (χ3v) is 10.2. The van der Waals surface area contributed by atoms with E-state index in [1.54, 1.807) is 21.6 Å². The highest BCUT2D eigenvalue weighted by Crippen LogP contribution is 2.55. The monoisotopic (exact) mass is 428 g/mol. The van der Waals surface area contributed by atoms with Crippen molar-refractivity contribution in [2.24, 2.45) is 0 Å². The van der Waals surface area contributed by atoms with Gasteiger partial charge in [0.05, 0.1) is 0 Å². The van der Waals surface area contributed by atoms with Crippen LogP contribution < -0.4 is 0 Å². The summed E-state index contributed by atoms with van der Waals surface area (Å²) in [7, 11) is 0. The predicted molar refractivity (Wildman–Crippen MR) is 137 cm³/mol. The number of hydrogen-bond donors (Lipinski definition) is 0. The Balaban J connectivity index is 1.66. The summed E-state index contributed by atoms with van der Waals surface area (Å²) < 4.78 is 0. The maximum absolute atomic E-state index is 2.55. The molecule has 31 heavy (non-hydrogen) atoms. The van der Waals surface area contributed by atoms with Gasteiger partial charge in [-0.1, -0.05) is 78.8 Å². The number of benzene rings is 2. The van der Waals surface area contributed by atoms with Gasteiger partial charge in [-0.3, -0.25) is 0 Å². The lowest BCUT2D eigenvalue weighted by atomic mass is 9.71. The molecule has 0 nitrogen and oxygen atoms in total. The Labute approximate surface area is 192 Å². The Morgan fingerprint density at radius 2 is 1.52 bits per heavy atom. The molecule has 1 heteroatoms. The molecule has 2 aliphatic rings. The van der Waals surface area contributed by atoms with Gasteiger partial charge in [0.2, 0.25) is 0 Å². The minimum Gasteiger partial charge on any atom is -0.139 e. The van der Waals surface area contributed by atoms with Crippen LogP contribution in [0.25, 0.3) is 21.6 Å². The van der Waals surface area contributed by atoms with Crippen molar-refractivity contribution in [3.8, 4) is 21.6 Å². The van der Waals surface area contributed by atoms with Gasteiger partial charge in [0.15, 0.2) is 0 Å². The summed E-state index contributed by atoms with van der Waals surface area (Å²) >= 11 is 2.01. The molecule has 0 amide bonds. The number of rotatable bonds is 5. The zero-order valence-corrected chi connectivity index (χ0v) is 21.1. The standard InChI is InChI=1S/C30H36S/c1-8-28(4,5)21-12-14-23-22-13-11-19(26-16-20-18-29(6,7)27(20)31-26)15-24(22)30(9-2,10-3)25(23)17-21/h11-17H,8-10,18H2,1-7H3. The lowest BCUT2D eigenvalue weighted by Gasteiger charge is -2.34. The van der Waals surface area contributed by atoms with Gasteiger partial charge in [0.25, 0.3) is 0 Å². The SMILES string of the molecule is CCC(C)(C)c1ccc2c(c1)C(CC)(CC)c1cc(-c3cc4c(s3)C(C)(C)C4)ccc1-2. The third kappa shape index (κ3) is 2.85. The fourth-order valence-electron chi connectivity index (χ4n) is 6.01. The van der Waals surface area contributed by atoms with Crippen molar-refractivity contribution in [1.29, 1.82) is 0 Å². The summed E-state index contributed by atoms with van der Waals surface area (Å²) in [5.41, 5.74) is 11.2. The van der Waals surface area contributed by atoms with E-state index in [4.69, 9.17) is 0 Å². The molecule has 0 N–H and O–H groups in total.